The lowest BCUT2D eigenvalue weighted by Gasteiger charge is -2.09. The molecule has 6 heteroatoms. The molecule has 0 aliphatic heterocycles. The van der Waals surface area contributed by atoms with Gasteiger partial charge in [-0.15, -0.1) is 0 Å². The third-order valence-electron chi connectivity index (χ3n) is 3.03. The first-order chi connectivity index (χ1) is 11.1. The minimum absolute atomic E-state index is 0.0309. The number of sulfonamides is 1. The van der Waals surface area contributed by atoms with Crippen molar-refractivity contribution >= 4 is 10.0 Å². The second-order valence-electron chi connectivity index (χ2n) is 4.89. The van der Waals surface area contributed by atoms with E-state index in [4.69, 9.17) is 9.47 Å². The number of rotatable bonds is 9. The molecule has 2 aromatic rings. The van der Waals surface area contributed by atoms with Gasteiger partial charge < -0.3 is 9.47 Å². The first-order valence-corrected chi connectivity index (χ1v) is 9.11. The van der Waals surface area contributed by atoms with Crippen LogP contribution in [-0.4, -0.2) is 28.2 Å². The van der Waals surface area contributed by atoms with Gasteiger partial charge in [0.2, 0.25) is 10.0 Å². The average molecular weight is 335 g/mol. The molecule has 0 bridgehead atoms. The number of hydrogen-bond acceptors (Lipinski definition) is 4. The van der Waals surface area contributed by atoms with E-state index >= 15 is 0 Å². The molecule has 0 fully saturated rings. The van der Waals surface area contributed by atoms with Crippen LogP contribution in [0.25, 0.3) is 0 Å². The van der Waals surface area contributed by atoms with E-state index in [0.717, 1.165) is 11.3 Å². The molecule has 23 heavy (non-hydrogen) atoms. The Balaban J connectivity index is 1.74. The lowest BCUT2D eigenvalue weighted by Crippen LogP contribution is -2.29. The molecule has 2 aromatic carbocycles. The average Bonchev–Trinajstić information content (AvgIpc) is 2.54. The Labute approximate surface area is 137 Å². The SMILES string of the molecule is CCOc1ccc(OCCNS(=O)(=O)Cc2ccccc2)cc1. The highest BCUT2D eigenvalue weighted by Crippen LogP contribution is 2.17. The second-order valence-corrected chi connectivity index (χ2v) is 6.70. The number of ether oxygens (including phenoxy) is 2. The van der Waals surface area contributed by atoms with Gasteiger partial charge in [0, 0.05) is 6.54 Å². The highest BCUT2D eigenvalue weighted by Gasteiger charge is 2.10. The summed E-state index contributed by atoms with van der Waals surface area (Å²) in [5, 5.41) is 0. The zero-order valence-corrected chi connectivity index (χ0v) is 13.9. The van der Waals surface area contributed by atoms with Crippen LogP contribution in [0.2, 0.25) is 0 Å². The van der Waals surface area contributed by atoms with Crippen LogP contribution >= 0.6 is 0 Å². The van der Waals surface area contributed by atoms with Crippen molar-refractivity contribution in [1.29, 1.82) is 0 Å². The predicted octanol–water partition coefficient (Wildman–Crippen LogP) is 2.58. The molecule has 2 rings (SSSR count). The van der Waals surface area contributed by atoms with Crippen molar-refractivity contribution in [3.8, 4) is 11.5 Å². The Bertz CT molecular complexity index is 684. The molecule has 0 aliphatic carbocycles. The normalized spacial score (nSPS) is 11.2. The molecule has 124 valence electrons. The summed E-state index contributed by atoms with van der Waals surface area (Å²) in [5.41, 5.74) is 0.757. The Morgan fingerprint density at radius 1 is 0.913 bits per heavy atom. The first kappa shape index (κ1) is 17.3. The maximum Gasteiger partial charge on any atom is 0.215 e. The van der Waals surface area contributed by atoms with Crippen molar-refractivity contribution in [3.63, 3.8) is 0 Å². The van der Waals surface area contributed by atoms with E-state index < -0.39 is 10.0 Å². The highest BCUT2D eigenvalue weighted by atomic mass is 32.2. The molecular weight excluding hydrogens is 314 g/mol. The van der Waals surface area contributed by atoms with Crippen LogP contribution in [0, 0.1) is 0 Å². The Kier molecular flexibility index (Phi) is 6.43. The van der Waals surface area contributed by atoms with Gasteiger partial charge in [0.1, 0.15) is 18.1 Å². The summed E-state index contributed by atoms with van der Waals surface area (Å²) in [6, 6.07) is 16.3. The van der Waals surface area contributed by atoms with Gasteiger partial charge in [0.05, 0.1) is 12.4 Å². The molecule has 0 heterocycles. The van der Waals surface area contributed by atoms with Crippen molar-refractivity contribution in [1.82, 2.24) is 4.72 Å². The Morgan fingerprint density at radius 3 is 2.13 bits per heavy atom. The van der Waals surface area contributed by atoms with Crippen LogP contribution < -0.4 is 14.2 Å². The monoisotopic (exact) mass is 335 g/mol. The molecule has 5 nitrogen and oxygen atoms in total. The zero-order chi connectivity index (χ0) is 16.5. The van der Waals surface area contributed by atoms with Gasteiger partial charge in [-0.05, 0) is 36.8 Å². The Morgan fingerprint density at radius 2 is 1.52 bits per heavy atom. The van der Waals surface area contributed by atoms with Crippen molar-refractivity contribution in [2.24, 2.45) is 0 Å². The van der Waals surface area contributed by atoms with Crippen molar-refractivity contribution in [3.05, 3.63) is 60.2 Å². The van der Waals surface area contributed by atoms with Crippen LogP contribution in [0.5, 0.6) is 11.5 Å². The van der Waals surface area contributed by atoms with Gasteiger partial charge >= 0.3 is 0 Å². The van der Waals surface area contributed by atoms with Gasteiger partial charge in [0.25, 0.3) is 0 Å². The molecule has 0 unspecified atom stereocenters. The van der Waals surface area contributed by atoms with E-state index in [9.17, 15) is 8.42 Å². The van der Waals surface area contributed by atoms with Crippen molar-refractivity contribution in [2.75, 3.05) is 19.8 Å². The van der Waals surface area contributed by atoms with Gasteiger partial charge in [-0.3, -0.25) is 0 Å². The number of benzene rings is 2. The fourth-order valence-electron chi connectivity index (χ4n) is 2.01. The van der Waals surface area contributed by atoms with E-state index in [2.05, 4.69) is 4.72 Å². The lowest BCUT2D eigenvalue weighted by molar-refractivity contribution is 0.319. The van der Waals surface area contributed by atoms with Crippen LogP contribution in [0.15, 0.2) is 54.6 Å². The maximum absolute atomic E-state index is 11.9. The van der Waals surface area contributed by atoms with E-state index in [1.54, 1.807) is 24.3 Å². The zero-order valence-electron chi connectivity index (χ0n) is 13.1. The van der Waals surface area contributed by atoms with Gasteiger partial charge in [-0.25, -0.2) is 13.1 Å². The topological polar surface area (TPSA) is 64.6 Å². The van der Waals surface area contributed by atoms with Crippen LogP contribution in [0.4, 0.5) is 0 Å². The summed E-state index contributed by atoms with van der Waals surface area (Å²) < 4.78 is 37.3. The van der Waals surface area contributed by atoms with Gasteiger partial charge in [-0.2, -0.15) is 0 Å². The molecule has 0 aromatic heterocycles. The van der Waals surface area contributed by atoms with E-state index in [1.807, 2.05) is 37.3 Å². The summed E-state index contributed by atoms with van der Waals surface area (Å²) >= 11 is 0. The van der Waals surface area contributed by atoms with Gasteiger partial charge in [0.15, 0.2) is 0 Å². The molecule has 0 spiro atoms. The van der Waals surface area contributed by atoms with Crippen LogP contribution in [0.3, 0.4) is 0 Å². The lowest BCUT2D eigenvalue weighted by atomic mass is 10.2. The third-order valence-corrected chi connectivity index (χ3v) is 4.38. The summed E-state index contributed by atoms with van der Waals surface area (Å²) in [6.07, 6.45) is 0. The first-order valence-electron chi connectivity index (χ1n) is 7.46. The fraction of sp³-hybridized carbons (Fsp3) is 0.294. The minimum atomic E-state index is -3.35. The van der Waals surface area contributed by atoms with Crippen molar-refractivity contribution in [2.45, 2.75) is 12.7 Å². The fourth-order valence-corrected chi connectivity index (χ4v) is 3.14. The number of hydrogen-bond donors (Lipinski definition) is 1. The van der Waals surface area contributed by atoms with Crippen molar-refractivity contribution < 1.29 is 17.9 Å². The van der Waals surface area contributed by atoms with E-state index in [0.29, 0.717) is 12.4 Å². The molecule has 0 saturated heterocycles. The second kappa shape index (κ2) is 8.55. The molecule has 0 aliphatic rings. The van der Waals surface area contributed by atoms with E-state index in [-0.39, 0.29) is 18.9 Å². The Hall–Kier alpha value is -2.05. The smallest absolute Gasteiger partial charge is 0.215 e. The van der Waals surface area contributed by atoms with Crippen LogP contribution in [0.1, 0.15) is 12.5 Å². The summed E-state index contributed by atoms with van der Waals surface area (Å²) in [7, 11) is -3.35. The largest absolute Gasteiger partial charge is 0.494 e. The summed E-state index contributed by atoms with van der Waals surface area (Å²) in [6.45, 7) is 3.03. The predicted molar refractivity (Wildman–Crippen MR) is 90.2 cm³/mol. The quantitative estimate of drug-likeness (QED) is 0.716. The maximum atomic E-state index is 11.9. The highest BCUT2D eigenvalue weighted by molar-refractivity contribution is 7.88. The molecule has 0 radical (unpaired) electrons. The van der Waals surface area contributed by atoms with E-state index in [1.165, 1.54) is 0 Å². The standard InChI is InChI=1S/C17H21NO4S/c1-2-21-16-8-10-17(11-9-16)22-13-12-18-23(19,20)14-15-6-4-3-5-7-15/h3-11,18H,2,12-14H2,1H3. The summed E-state index contributed by atoms with van der Waals surface area (Å²) in [4.78, 5) is 0. The molecule has 1 N–H and O–H groups in total. The summed E-state index contributed by atoms with van der Waals surface area (Å²) in [5.74, 6) is 1.43. The third kappa shape index (κ3) is 6.30. The van der Waals surface area contributed by atoms with Gasteiger partial charge in [-0.1, -0.05) is 30.3 Å². The van der Waals surface area contributed by atoms with Crippen LogP contribution in [-0.2, 0) is 15.8 Å². The minimum Gasteiger partial charge on any atom is -0.494 e. The molecule has 0 saturated carbocycles. The molecule has 0 amide bonds. The molecule has 0 atom stereocenters. The molecular formula is C17H21NO4S. The number of nitrogens with one attached hydrogen (secondary N) is 1.